The van der Waals surface area contributed by atoms with E-state index in [2.05, 4.69) is 11.4 Å². The molecule has 0 radical (unpaired) electrons. The zero-order valence-electron chi connectivity index (χ0n) is 12.5. The standard InChI is InChI=1S/C17H23NO2S/c1-21(20)13-16(15-10-6-3-7-11-15)18-17(19)12-14-8-4-2-5-9-14/h3,6-8,10-11,16H,2,4-5,9,12-13H2,1H3,(H,18,19)/t16-,21-/m1/s1. The van der Waals surface area contributed by atoms with E-state index in [1.54, 1.807) is 6.26 Å². The molecule has 3 nitrogen and oxygen atoms in total. The van der Waals surface area contributed by atoms with Crippen LogP contribution in [-0.4, -0.2) is 22.1 Å². The first kappa shape index (κ1) is 16.0. The van der Waals surface area contributed by atoms with E-state index in [0.29, 0.717) is 12.2 Å². The molecule has 0 heterocycles. The van der Waals surface area contributed by atoms with E-state index in [4.69, 9.17) is 0 Å². The third-order valence-corrected chi connectivity index (χ3v) is 4.51. The Morgan fingerprint density at radius 1 is 1.29 bits per heavy atom. The molecule has 1 aliphatic rings. The molecule has 1 N–H and O–H groups in total. The Morgan fingerprint density at radius 2 is 2.05 bits per heavy atom. The Balaban J connectivity index is 1.99. The maximum atomic E-state index is 12.2. The van der Waals surface area contributed by atoms with Gasteiger partial charge in [-0.2, -0.15) is 0 Å². The summed E-state index contributed by atoms with van der Waals surface area (Å²) in [5.74, 6) is 0.483. The number of benzene rings is 1. The van der Waals surface area contributed by atoms with E-state index >= 15 is 0 Å². The molecule has 4 heteroatoms. The number of carbonyl (C=O) groups is 1. The second kappa shape index (κ2) is 8.13. The lowest BCUT2D eigenvalue weighted by Crippen LogP contribution is -2.32. The Hall–Kier alpha value is -1.42. The van der Waals surface area contributed by atoms with Crippen molar-refractivity contribution in [1.82, 2.24) is 5.32 Å². The normalized spacial score (nSPS) is 17.7. The maximum Gasteiger partial charge on any atom is 0.224 e. The fourth-order valence-electron chi connectivity index (χ4n) is 2.66. The lowest BCUT2D eigenvalue weighted by molar-refractivity contribution is -0.121. The van der Waals surface area contributed by atoms with Gasteiger partial charge in [0.1, 0.15) is 0 Å². The number of amides is 1. The Kier molecular flexibility index (Phi) is 6.18. The average Bonchev–Trinajstić information content (AvgIpc) is 2.48. The van der Waals surface area contributed by atoms with Crippen molar-refractivity contribution in [2.24, 2.45) is 0 Å². The van der Waals surface area contributed by atoms with E-state index in [1.165, 1.54) is 18.4 Å². The van der Waals surface area contributed by atoms with Crippen molar-refractivity contribution in [1.29, 1.82) is 0 Å². The van der Waals surface area contributed by atoms with Gasteiger partial charge in [-0.15, -0.1) is 0 Å². The van der Waals surface area contributed by atoms with E-state index in [0.717, 1.165) is 18.4 Å². The predicted molar refractivity (Wildman–Crippen MR) is 87.4 cm³/mol. The van der Waals surface area contributed by atoms with Crippen LogP contribution in [0, 0.1) is 0 Å². The largest absolute Gasteiger partial charge is 0.348 e. The number of carbonyl (C=O) groups excluding carboxylic acids is 1. The van der Waals surface area contributed by atoms with Crippen molar-refractivity contribution in [3.05, 3.63) is 47.5 Å². The Bertz CT molecular complexity index is 525. The minimum atomic E-state index is -0.949. The topological polar surface area (TPSA) is 46.2 Å². The van der Waals surface area contributed by atoms with Gasteiger partial charge in [0.2, 0.25) is 5.91 Å². The van der Waals surface area contributed by atoms with Gasteiger partial charge < -0.3 is 5.32 Å². The van der Waals surface area contributed by atoms with Gasteiger partial charge in [-0.3, -0.25) is 9.00 Å². The van der Waals surface area contributed by atoms with Gasteiger partial charge in [0, 0.05) is 29.2 Å². The van der Waals surface area contributed by atoms with Gasteiger partial charge in [0.15, 0.2) is 0 Å². The highest BCUT2D eigenvalue weighted by Gasteiger charge is 2.17. The first-order chi connectivity index (χ1) is 10.1. The number of hydrogen-bond acceptors (Lipinski definition) is 2. The summed E-state index contributed by atoms with van der Waals surface area (Å²) >= 11 is 0. The van der Waals surface area contributed by atoms with Crippen molar-refractivity contribution in [2.75, 3.05) is 12.0 Å². The average molecular weight is 305 g/mol. The molecule has 0 spiro atoms. The third kappa shape index (κ3) is 5.46. The smallest absolute Gasteiger partial charge is 0.224 e. The highest BCUT2D eigenvalue weighted by Crippen LogP contribution is 2.21. The maximum absolute atomic E-state index is 12.2. The molecule has 21 heavy (non-hydrogen) atoms. The van der Waals surface area contributed by atoms with Crippen LogP contribution in [0.3, 0.4) is 0 Å². The predicted octanol–water partition coefficient (Wildman–Crippen LogP) is 3.11. The van der Waals surface area contributed by atoms with E-state index < -0.39 is 10.8 Å². The molecule has 1 aliphatic carbocycles. The molecule has 1 amide bonds. The van der Waals surface area contributed by atoms with Crippen LogP contribution >= 0.6 is 0 Å². The van der Waals surface area contributed by atoms with E-state index in [-0.39, 0.29) is 11.9 Å². The molecule has 0 saturated heterocycles. The molecule has 0 fully saturated rings. The van der Waals surface area contributed by atoms with Gasteiger partial charge in [0.05, 0.1) is 6.04 Å². The fourth-order valence-corrected chi connectivity index (χ4v) is 3.40. The van der Waals surface area contributed by atoms with Gasteiger partial charge in [-0.05, 0) is 31.2 Å². The van der Waals surface area contributed by atoms with E-state index in [1.807, 2.05) is 30.3 Å². The highest BCUT2D eigenvalue weighted by atomic mass is 32.2. The van der Waals surface area contributed by atoms with Crippen LogP contribution < -0.4 is 5.32 Å². The molecule has 0 aromatic heterocycles. The lowest BCUT2D eigenvalue weighted by Gasteiger charge is -2.19. The first-order valence-corrected chi connectivity index (χ1v) is 9.20. The summed E-state index contributed by atoms with van der Waals surface area (Å²) in [5.41, 5.74) is 2.25. The van der Waals surface area contributed by atoms with Crippen molar-refractivity contribution in [3.8, 4) is 0 Å². The van der Waals surface area contributed by atoms with Gasteiger partial charge in [0.25, 0.3) is 0 Å². The van der Waals surface area contributed by atoms with Crippen LogP contribution in [0.2, 0.25) is 0 Å². The zero-order chi connectivity index (χ0) is 15.1. The molecule has 0 saturated carbocycles. The summed E-state index contributed by atoms with van der Waals surface area (Å²) in [6.07, 6.45) is 8.86. The first-order valence-electron chi connectivity index (χ1n) is 7.47. The Morgan fingerprint density at radius 3 is 2.67 bits per heavy atom. The molecule has 0 unspecified atom stereocenters. The number of allylic oxidation sites excluding steroid dienone is 1. The summed E-state index contributed by atoms with van der Waals surface area (Å²) < 4.78 is 11.5. The summed E-state index contributed by atoms with van der Waals surface area (Å²) in [5, 5.41) is 3.04. The summed E-state index contributed by atoms with van der Waals surface area (Å²) in [6, 6.07) is 9.59. The summed E-state index contributed by atoms with van der Waals surface area (Å²) in [7, 11) is -0.949. The molecule has 2 atom stereocenters. The molecule has 0 aliphatic heterocycles. The van der Waals surface area contributed by atoms with Crippen LogP contribution in [0.15, 0.2) is 42.0 Å². The van der Waals surface area contributed by atoms with Crippen LogP contribution in [0.25, 0.3) is 0 Å². The molecule has 1 aromatic rings. The van der Waals surface area contributed by atoms with Crippen LogP contribution in [0.4, 0.5) is 0 Å². The van der Waals surface area contributed by atoms with Crippen LogP contribution in [0.5, 0.6) is 0 Å². The summed E-state index contributed by atoms with van der Waals surface area (Å²) in [4.78, 5) is 12.2. The summed E-state index contributed by atoms with van der Waals surface area (Å²) in [6.45, 7) is 0. The van der Waals surface area contributed by atoms with Crippen molar-refractivity contribution in [3.63, 3.8) is 0 Å². The molecular weight excluding hydrogens is 282 g/mol. The van der Waals surface area contributed by atoms with Gasteiger partial charge in [-0.1, -0.05) is 42.0 Å². The van der Waals surface area contributed by atoms with E-state index in [9.17, 15) is 9.00 Å². The molecule has 1 aromatic carbocycles. The third-order valence-electron chi connectivity index (χ3n) is 3.71. The van der Waals surface area contributed by atoms with Gasteiger partial charge in [-0.25, -0.2) is 0 Å². The number of rotatable bonds is 6. The van der Waals surface area contributed by atoms with Crippen LogP contribution in [0.1, 0.15) is 43.7 Å². The second-order valence-corrected chi connectivity index (χ2v) is 7.04. The molecular formula is C17H23NO2S. The van der Waals surface area contributed by atoms with Crippen molar-refractivity contribution in [2.45, 2.75) is 38.1 Å². The van der Waals surface area contributed by atoms with Crippen molar-refractivity contribution < 1.29 is 9.00 Å². The monoisotopic (exact) mass is 305 g/mol. The van der Waals surface area contributed by atoms with Crippen molar-refractivity contribution >= 4 is 16.7 Å². The SMILES string of the molecule is C[S@@](=O)C[C@@H](NC(=O)CC1=CCCCC1)c1ccccc1. The number of nitrogens with one attached hydrogen (secondary N) is 1. The molecule has 0 bridgehead atoms. The molecule has 114 valence electrons. The quantitative estimate of drug-likeness (QED) is 0.821. The zero-order valence-corrected chi connectivity index (χ0v) is 13.3. The fraction of sp³-hybridized carbons (Fsp3) is 0.471. The Labute approximate surface area is 129 Å². The second-order valence-electron chi connectivity index (χ2n) is 5.56. The lowest BCUT2D eigenvalue weighted by atomic mass is 9.97. The minimum absolute atomic E-state index is 0.0300. The number of hydrogen-bond donors (Lipinski definition) is 1. The van der Waals surface area contributed by atoms with Crippen LogP contribution in [-0.2, 0) is 15.6 Å². The van der Waals surface area contributed by atoms with Gasteiger partial charge >= 0.3 is 0 Å². The highest BCUT2D eigenvalue weighted by molar-refractivity contribution is 7.84. The molecule has 2 rings (SSSR count). The minimum Gasteiger partial charge on any atom is -0.348 e.